The Morgan fingerprint density at radius 1 is 1.05 bits per heavy atom. The average molecular weight is 282 g/mol. The summed E-state index contributed by atoms with van der Waals surface area (Å²) in [6, 6.07) is 14.1. The number of carbonyl (C=O) groups is 1. The number of carbonyl (C=O) groups excluding carboxylic acids is 1. The Morgan fingerprint density at radius 3 is 2.38 bits per heavy atom. The van der Waals surface area contributed by atoms with Crippen LogP contribution in [0.1, 0.15) is 28.7 Å². The van der Waals surface area contributed by atoms with Crippen molar-refractivity contribution in [3.8, 4) is 0 Å². The van der Waals surface area contributed by atoms with Crippen LogP contribution in [0.4, 0.5) is 5.69 Å². The molecule has 0 saturated heterocycles. The number of aryl methyl sites for hydroxylation is 3. The Balaban J connectivity index is 1.79. The van der Waals surface area contributed by atoms with E-state index < -0.39 is 0 Å². The lowest BCUT2D eigenvalue weighted by molar-refractivity contribution is -0.121. The fourth-order valence-electron chi connectivity index (χ4n) is 2.10. The molecule has 0 atom stereocenters. The molecule has 0 aliphatic heterocycles. The van der Waals surface area contributed by atoms with Crippen LogP contribution in [0, 0.1) is 13.8 Å². The summed E-state index contributed by atoms with van der Waals surface area (Å²) < 4.78 is 0. The molecule has 2 aromatic carbocycles. The van der Waals surface area contributed by atoms with Crippen LogP contribution in [0.25, 0.3) is 0 Å². The van der Waals surface area contributed by atoms with E-state index in [2.05, 4.69) is 24.4 Å². The first-order chi connectivity index (χ1) is 10.0. The van der Waals surface area contributed by atoms with Gasteiger partial charge >= 0.3 is 0 Å². The zero-order chi connectivity index (χ0) is 15.2. The van der Waals surface area contributed by atoms with E-state index in [0.717, 1.165) is 22.4 Å². The smallest absolute Gasteiger partial charge is 0.220 e. The van der Waals surface area contributed by atoms with Crippen LogP contribution in [0.2, 0.25) is 0 Å². The Bertz CT molecular complexity index is 618. The highest BCUT2D eigenvalue weighted by molar-refractivity contribution is 5.76. The van der Waals surface area contributed by atoms with Gasteiger partial charge < -0.3 is 11.1 Å². The van der Waals surface area contributed by atoms with E-state index in [-0.39, 0.29) is 5.91 Å². The highest BCUT2D eigenvalue weighted by Gasteiger charge is 2.03. The van der Waals surface area contributed by atoms with E-state index in [4.69, 9.17) is 5.73 Å². The van der Waals surface area contributed by atoms with Gasteiger partial charge in [0.25, 0.3) is 0 Å². The van der Waals surface area contributed by atoms with Crippen molar-refractivity contribution in [1.29, 1.82) is 0 Å². The number of amides is 1. The first-order valence-corrected chi connectivity index (χ1v) is 7.22. The van der Waals surface area contributed by atoms with Crippen LogP contribution >= 0.6 is 0 Å². The number of rotatable bonds is 5. The van der Waals surface area contributed by atoms with Crippen LogP contribution in [0.15, 0.2) is 42.5 Å². The van der Waals surface area contributed by atoms with Gasteiger partial charge in [-0.1, -0.05) is 42.0 Å². The molecule has 110 valence electrons. The lowest BCUT2D eigenvalue weighted by Crippen LogP contribution is -2.23. The molecule has 0 saturated carbocycles. The largest absolute Gasteiger partial charge is 0.399 e. The van der Waals surface area contributed by atoms with Crippen molar-refractivity contribution in [3.63, 3.8) is 0 Å². The van der Waals surface area contributed by atoms with Gasteiger partial charge in [0.2, 0.25) is 5.91 Å². The molecule has 3 nitrogen and oxygen atoms in total. The van der Waals surface area contributed by atoms with Crippen molar-refractivity contribution >= 4 is 11.6 Å². The number of nitrogens with one attached hydrogen (secondary N) is 1. The summed E-state index contributed by atoms with van der Waals surface area (Å²) >= 11 is 0. The molecule has 0 unspecified atom stereocenters. The van der Waals surface area contributed by atoms with Crippen molar-refractivity contribution < 1.29 is 4.79 Å². The molecule has 0 aliphatic carbocycles. The normalized spacial score (nSPS) is 10.4. The van der Waals surface area contributed by atoms with Gasteiger partial charge in [0.15, 0.2) is 0 Å². The van der Waals surface area contributed by atoms with Crippen LogP contribution < -0.4 is 11.1 Å². The summed E-state index contributed by atoms with van der Waals surface area (Å²) in [5.74, 6) is 0.0646. The molecule has 0 bridgehead atoms. The van der Waals surface area contributed by atoms with E-state index >= 15 is 0 Å². The number of benzene rings is 2. The Kier molecular flexibility index (Phi) is 4.99. The van der Waals surface area contributed by atoms with Crippen LogP contribution in [0.3, 0.4) is 0 Å². The van der Waals surface area contributed by atoms with Gasteiger partial charge in [-0.15, -0.1) is 0 Å². The summed E-state index contributed by atoms with van der Waals surface area (Å²) in [7, 11) is 0. The summed E-state index contributed by atoms with van der Waals surface area (Å²) in [5, 5.41) is 2.94. The van der Waals surface area contributed by atoms with Crippen molar-refractivity contribution in [2.24, 2.45) is 0 Å². The fourth-order valence-corrected chi connectivity index (χ4v) is 2.10. The maximum absolute atomic E-state index is 11.9. The second-order valence-electron chi connectivity index (χ2n) is 5.45. The van der Waals surface area contributed by atoms with Gasteiger partial charge in [-0.3, -0.25) is 4.79 Å². The van der Waals surface area contributed by atoms with Crippen LogP contribution in [0.5, 0.6) is 0 Å². The molecule has 21 heavy (non-hydrogen) atoms. The van der Waals surface area contributed by atoms with E-state index in [0.29, 0.717) is 19.4 Å². The van der Waals surface area contributed by atoms with Crippen molar-refractivity contribution in [2.45, 2.75) is 33.2 Å². The number of hydrogen-bond acceptors (Lipinski definition) is 2. The third kappa shape index (κ3) is 4.63. The molecule has 0 aliphatic rings. The first kappa shape index (κ1) is 15.1. The quantitative estimate of drug-likeness (QED) is 0.828. The lowest BCUT2D eigenvalue weighted by Gasteiger charge is -2.07. The topological polar surface area (TPSA) is 55.1 Å². The third-order valence-electron chi connectivity index (χ3n) is 3.59. The van der Waals surface area contributed by atoms with E-state index in [1.54, 1.807) is 0 Å². The molecule has 0 heterocycles. The molecule has 0 aromatic heterocycles. The first-order valence-electron chi connectivity index (χ1n) is 7.22. The molecule has 0 fully saturated rings. The van der Waals surface area contributed by atoms with E-state index in [1.165, 1.54) is 5.56 Å². The molecule has 2 rings (SSSR count). The summed E-state index contributed by atoms with van der Waals surface area (Å²) in [6.07, 6.45) is 1.19. The molecule has 2 aromatic rings. The van der Waals surface area contributed by atoms with Gasteiger partial charge in [-0.25, -0.2) is 0 Å². The van der Waals surface area contributed by atoms with Crippen LogP contribution in [-0.4, -0.2) is 5.91 Å². The van der Waals surface area contributed by atoms with E-state index in [9.17, 15) is 4.79 Å². The second-order valence-corrected chi connectivity index (χ2v) is 5.45. The Morgan fingerprint density at radius 2 is 1.71 bits per heavy atom. The van der Waals surface area contributed by atoms with Gasteiger partial charge in [0.1, 0.15) is 0 Å². The minimum atomic E-state index is 0.0646. The Hall–Kier alpha value is -2.29. The molecular formula is C18H22N2O. The predicted molar refractivity (Wildman–Crippen MR) is 86.9 cm³/mol. The maximum atomic E-state index is 11.9. The van der Waals surface area contributed by atoms with Crippen molar-refractivity contribution in [1.82, 2.24) is 5.32 Å². The van der Waals surface area contributed by atoms with Gasteiger partial charge in [0, 0.05) is 18.7 Å². The number of anilines is 1. The molecular weight excluding hydrogens is 260 g/mol. The zero-order valence-corrected chi connectivity index (χ0v) is 12.6. The third-order valence-corrected chi connectivity index (χ3v) is 3.59. The molecule has 1 amide bonds. The predicted octanol–water partition coefficient (Wildman–Crippen LogP) is 3.13. The molecule has 3 heteroatoms. The number of nitrogens with two attached hydrogens (primary N) is 1. The monoisotopic (exact) mass is 282 g/mol. The van der Waals surface area contributed by atoms with Crippen LogP contribution in [-0.2, 0) is 17.8 Å². The zero-order valence-electron chi connectivity index (χ0n) is 12.6. The summed E-state index contributed by atoms with van der Waals surface area (Å²) in [5.41, 5.74) is 11.2. The molecule has 3 N–H and O–H groups in total. The molecule has 0 radical (unpaired) electrons. The fraction of sp³-hybridized carbons (Fsp3) is 0.278. The average Bonchev–Trinajstić information content (AvgIpc) is 2.48. The SMILES string of the molecule is Cc1ccc(CNC(=O)CCc2ccc(C)c(N)c2)cc1. The molecule has 0 spiro atoms. The maximum Gasteiger partial charge on any atom is 0.220 e. The van der Waals surface area contributed by atoms with E-state index in [1.807, 2.05) is 37.3 Å². The Labute approximate surface area is 126 Å². The minimum absolute atomic E-state index is 0.0646. The minimum Gasteiger partial charge on any atom is -0.399 e. The number of nitrogen functional groups attached to an aromatic ring is 1. The van der Waals surface area contributed by atoms with Crippen molar-refractivity contribution in [2.75, 3.05) is 5.73 Å². The van der Waals surface area contributed by atoms with Crippen molar-refractivity contribution in [3.05, 3.63) is 64.7 Å². The van der Waals surface area contributed by atoms with Gasteiger partial charge in [0.05, 0.1) is 0 Å². The highest BCUT2D eigenvalue weighted by Crippen LogP contribution is 2.14. The lowest BCUT2D eigenvalue weighted by atomic mass is 10.1. The number of hydrogen-bond donors (Lipinski definition) is 2. The summed E-state index contributed by atoms with van der Waals surface area (Å²) in [4.78, 5) is 11.9. The highest BCUT2D eigenvalue weighted by atomic mass is 16.1. The second kappa shape index (κ2) is 6.93. The van der Waals surface area contributed by atoms with Gasteiger partial charge in [-0.05, 0) is 43.0 Å². The standard InChI is InChI=1S/C18H22N2O/c1-13-3-6-16(7-4-13)12-20-18(21)10-9-15-8-5-14(2)17(19)11-15/h3-8,11H,9-10,12,19H2,1-2H3,(H,20,21). The summed E-state index contributed by atoms with van der Waals surface area (Å²) in [6.45, 7) is 4.61. The van der Waals surface area contributed by atoms with Gasteiger partial charge in [-0.2, -0.15) is 0 Å².